The number of nitrogens with one attached hydrogen (secondary N) is 2. The SMILES string of the molecule is CN=C(NCc1nc(C)c(C)s1)NC1CCN(C(=O)COC)CC1. The lowest BCUT2D eigenvalue weighted by Crippen LogP contribution is -2.50. The number of guanidine groups is 1. The maximum Gasteiger partial charge on any atom is 0.248 e. The molecule has 0 radical (unpaired) electrons. The van der Waals surface area contributed by atoms with Crippen LogP contribution in [0.15, 0.2) is 4.99 Å². The number of nitrogens with zero attached hydrogens (tertiary/aromatic N) is 3. The molecule has 1 fully saturated rings. The number of thiazole rings is 1. The van der Waals surface area contributed by atoms with Crippen molar-refractivity contribution in [3.63, 3.8) is 0 Å². The molecule has 1 aliphatic heterocycles. The van der Waals surface area contributed by atoms with Crippen molar-refractivity contribution >= 4 is 23.2 Å². The van der Waals surface area contributed by atoms with Gasteiger partial charge in [0.05, 0.1) is 12.2 Å². The number of carbonyl (C=O) groups excluding carboxylic acids is 1. The molecule has 2 rings (SSSR count). The van der Waals surface area contributed by atoms with E-state index < -0.39 is 0 Å². The van der Waals surface area contributed by atoms with Gasteiger partial charge in [-0.15, -0.1) is 11.3 Å². The first-order valence-electron chi connectivity index (χ1n) is 8.20. The van der Waals surface area contributed by atoms with Gasteiger partial charge in [0.25, 0.3) is 0 Å². The third-order valence-corrected chi connectivity index (χ3v) is 5.23. The van der Waals surface area contributed by atoms with Crippen molar-refractivity contribution in [2.75, 3.05) is 33.9 Å². The Kier molecular flexibility index (Phi) is 6.99. The Hall–Kier alpha value is -1.67. The highest BCUT2D eigenvalue weighted by molar-refractivity contribution is 7.11. The Labute approximate surface area is 147 Å². The van der Waals surface area contributed by atoms with Gasteiger partial charge >= 0.3 is 0 Å². The smallest absolute Gasteiger partial charge is 0.248 e. The van der Waals surface area contributed by atoms with Crippen molar-refractivity contribution < 1.29 is 9.53 Å². The van der Waals surface area contributed by atoms with Gasteiger partial charge in [-0.1, -0.05) is 0 Å². The summed E-state index contributed by atoms with van der Waals surface area (Å²) in [6, 6.07) is 0.322. The fourth-order valence-electron chi connectivity index (χ4n) is 2.65. The normalized spacial score (nSPS) is 16.3. The van der Waals surface area contributed by atoms with Crippen LogP contribution in [0.2, 0.25) is 0 Å². The van der Waals surface area contributed by atoms with E-state index in [0.717, 1.165) is 42.6 Å². The summed E-state index contributed by atoms with van der Waals surface area (Å²) in [4.78, 5) is 23.7. The van der Waals surface area contributed by atoms with Gasteiger partial charge in [0, 0.05) is 38.2 Å². The zero-order chi connectivity index (χ0) is 17.5. The van der Waals surface area contributed by atoms with Gasteiger partial charge in [-0.05, 0) is 26.7 Å². The highest BCUT2D eigenvalue weighted by atomic mass is 32.1. The van der Waals surface area contributed by atoms with Crippen LogP contribution in [-0.2, 0) is 16.1 Å². The van der Waals surface area contributed by atoms with Crippen molar-refractivity contribution in [2.24, 2.45) is 4.99 Å². The van der Waals surface area contributed by atoms with E-state index in [1.165, 1.54) is 4.88 Å². The summed E-state index contributed by atoms with van der Waals surface area (Å²) in [5.41, 5.74) is 1.09. The predicted molar refractivity (Wildman–Crippen MR) is 96.4 cm³/mol. The minimum Gasteiger partial charge on any atom is -0.375 e. The molecule has 0 unspecified atom stereocenters. The molecule has 0 atom stereocenters. The van der Waals surface area contributed by atoms with Gasteiger partial charge in [-0.2, -0.15) is 0 Å². The molecule has 8 heteroatoms. The number of aryl methyl sites for hydroxylation is 2. The van der Waals surface area contributed by atoms with Crippen LogP contribution in [0.5, 0.6) is 0 Å². The van der Waals surface area contributed by atoms with Crippen LogP contribution in [0.3, 0.4) is 0 Å². The van der Waals surface area contributed by atoms with Crippen LogP contribution in [0.25, 0.3) is 0 Å². The molecule has 1 aromatic rings. The first kappa shape index (κ1) is 18.7. The van der Waals surface area contributed by atoms with Gasteiger partial charge in [0.15, 0.2) is 5.96 Å². The molecular weight excluding hydrogens is 326 g/mol. The Bertz CT molecular complexity index is 560. The minimum absolute atomic E-state index is 0.0629. The Morgan fingerprint density at radius 2 is 2.12 bits per heavy atom. The van der Waals surface area contributed by atoms with Crippen LogP contribution in [-0.4, -0.2) is 61.6 Å². The van der Waals surface area contributed by atoms with Gasteiger partial charge in [0.2, 0.25) is 5.91 Å². The third-order valence-electron chi connectivity index (χ3n) is 4.16. The van der Waals surface area contributed by atoms with E-state index in [2.05, 4.69) is 27.5 Å². The Morgan fingerprint density at radius 3 is 2.67 bits per heavy atom. The summed E-state index contributed by atoms with van der Waals surface area (Å²) in [6.07, 6.45) is 1.82. The lowest BCUT2D eigenvalue weighted by atomic mass is 10.1. The van der Waals surface area contributed by atoms with E-state index in [-0.39, 0.29) is 12.5 Å². The van der Waals surface area contributed by atoms with Gasteiger partial charge < -0.3 is 20.3 Å². The zero-order valence-corrected chi connectivity index (χ0v) is 15.7. The standard InChI is InChI=1S/C16H27N5O2S/c1-11-12(2)24-14(19-11)9-18-16(17-3)20-13-5-7-21(8-6-13)15(22)10-23-4/h13H,5-10H2,1-4H3,(H2,17,18,20). The molecule has 1 aromatic heterocycles. The number of hydrogen-bond donors (Lipinski definition) is 2. The topological polar surface area (TPSA) is 78.9 Å². The Balaban J connectivity index is 1.76. The lowest BCUT2D eigenvalue weighted by Gasteiger charge is -2.33. The molecule has 2 N–H and O–H groups in total. The predicted octanol–water partition coefficient (Wildman–Crippen LogP) is 1.06. The van der Waals surface area contributed by atoms with Crippen LogP contribution < -0.4 is 10.6 Å². The van der Waals surface area contributed by atoms with Gasteiger partial charge in [-0.3, -0.25) is 9.79 Å². The minimum atomic E-state index is 0.0629. The number of piperidine rings is 1. The fraction of sp³-hybridized carbons (Fsp3) is 0.688. The number of ether oxygens (including phenoxy) is 1. The van der Waals surface area contributed by atoms with E-state index in [9.17, 15) is 4.79 Å². The molecule has 0 spiro atoms. The lowest BCUT2D eigenvalue weighted by molar-refractivity contribution is -0.136. The summed E-state index contributed by atoms with van der Waals surface area (Å²) >= 11 is 1.71. The number of carbonyl (C=O) groups is 1. The number of aliphatic imine (C=N–C) groups is 1. The van der Waals surface area contributed by atoms with Crippen LogP contribution in [0.4, 0.5) is 0 Å². The molecule has 0 aromatic carbocycles. The van der Waals surface area contributed by atoms with E-state index >= 15 is 0 Å². The number of rotatable bonds is 5. The van der Waals surface area contributed by atoms with E-state index in [1.807, 2.05) is 11.8 Å². The van der Waals surface area contributed by atoms with Crippen molar-refractivity contribution in [3.8, 4) is 0 Å². The molecule has 1 saturated heterocycles. The summed E-state index contributed by atoms with van der Waals surface area (Å²) in [6.45, 7) is 6.45. The average molecular weight is 353 g/mol. The molecule has 0 bridgehead atoms. The number of likely N-dealkylation sites (tertiary alicyclic amines) is 1. The monoisotopic (exact) mass is 353 g/mol. The number of amides is 1. The van der Waals surface area contributed by atoms with E-state index in [0.29, 0.717) is 12.6 Å². The van der Waals surface area contributed by atoms with Crippen LogP contribution in [0, 0.1) is 13.8 Å². The second kappa shape index (κ2) is 8.98. The fourth-order valence-corrected chi connectivity index (χ4v) is 3.52. The van der Waals surface area contributed by atoms with Crippen molar-refractivity contribution in [3.05, 3.63) is 15.6 Å². The summed E-state index contributed by atoms with van der Waals surface area (Å²) in [5.74, 6) is 0.843. The molecule has 134 valence electrons. The summed E-state index contributed by atoms with van der Waals surface area (Å²) < 4.78 is 4.91. The molecule has 0 aliphatic carbocycles. The quantitative estimate of drug-likeness (QED) is 0.611. The molecular formula is C16H27N5O2S. The third kappa shape index (κ3) is 5.17. The molecule has 0 saturated carbocycles. The van der Waals surface area contributed by atoms with E-state index in [1.54, 1.807) is 25.5 Å². The second-order valence-electron chi connectivity index (χ2n) is 5.91. The highest BCUT2D eigenvalue weighted by Crippen LogP contribution is 2.16. The molecule has 1 amide bonds. The average Bonchev–Trinajstić information content (AvgIpc) is 2.90. The van der Waals surface area contributed by atoms with Crippen molar-refractivity contribution in [1.82, 2.24) is 20.5 Å². The number of methoxy groups -OCH3 is 1. The highest BCUT2D eigenvalue weighted by Gasteiger charge is 2.23. The first-order chi connectivity index (χ1) is 11.5. The molecule has 7 nitrogen and oxygen atoms in total. The number of aromatic nitrogens is 1. The largest absolute Gasteiger partial charge is 0.375 e. The van der Waals surface area contributed by atoms with Crippen LogP contribution in [0.1, 0.15) is 28.4 Å². The molecule has 2 heterocycles. The van der Waals surface area contributed by atoms with Gasteiger partial charge in [0.1, 0.15) is 11.6 Å². The van der Waals surface area contributed by atoms with Gasteiger partial charge in [-0.25, -0.2) is 4.98 Å². The maximum absolute atomic E-state index is 11.8. The first-order valence-corrected chi connectivity index (χ1v) is 9.02. The van der Waals surface area contributed by atoms with Crippen molar-refractivity contribution in [2.45, 2.75) is 39.3 Å². The number of hydrogen-bond acceptors (Lipinski definition) is 5. The summed E-state index contributed by atoms with van der Waals surface area (Å²) in [5, 5.41) is 7.81. The van der Waals surface area contributed by atoms with Crippen molar-refractivity contribution in [1.29, 1.82) is 0 Å². The summed E-state index contributed by atoms with van der Waals surface area (Å²) in [7, 11) is 3.32. The van der Waals surface area contributed by atoms with E-state index in [4.69, 9.17) is 4.74 Å². The Morgan fingerprint density at radius 1 is 1.42 bits per heavy atom. The zero-order valence-electron chi connectivity index (χ0n) is 14.9. The maximum atomic E-state index is 11.8. The van der Waals surface area contributed by atoms with Crippen LogP contribution >= 0.6 is 11.3 Å². The second-order valence-corrected chi connectivity index (χ2v) is 7.20. The molecule has 1 aliphatic rings. The molecule has 24 heavy (non-hydrogen) atoms.